The van der Waals surface area contributed by atoms with Crippen LogP contribution in [0.3, 0.4) is 0 Å². The highest BCUT2D eigenvalue weighted by atomic mass is 35.6. The fraction of sp³-hybridized carbons (Fsp3) is 1.00. The standard InChI is InChI=1S/C2H2Cl5N4P3/c3-1(4,5)2(6,7)8-14-10-12-9-13-11-14/h8H,(H,9,10,11). The van der Waals surface area contributed by atoms with E-state index in [2.05, 4.69) is 19.0 Å². The number of nitrogens with one attached hydrogen (secondary N) is 2. The molecule has 12 heteroatoms. The second-order valence-corrected chi connectivity index (χ2v) is 9.03. The predicted octanol–water partition coefficient (Wildman–Crippen LogP) is 5.00. The molecule has 0 amide bonds. The molecule has 1 rings (SSSR count). The molecular formula is C2H2Cl5N4P3. The number of hydrogen-bond acceptors (Lipinski definition) is 4. The third-order valence-corrected chi connectivity index (χ3v) is 6.78. The fourth-order valence-corrected chi connectivity index (χ4v) is 4.36. The van der Waals surface area contributed by atoms with E-state index in [0.29, 0.717) is 17.0 Å². The van der Waals surface area contributed by atoms with Gasteiger partial charge < -0.3 is 0 Å². The summed E-state index contributed by atoms with van der Waals surface area (Å²) in [5.41, 5.74) is 0. The number of alkyl halides is 5. The molecule has 0 saturated heterocycles. The quantitative estimate of drug-likeness (QED) is 0.418. The van der Waals surface area contributed by atoms with Gasteiger partial charge in [-0.3, -0.25) is 0 Å². The Morgan fingerprint density at radius 1 is 1.21 bits per heavy atom. The maximum Gasteiger partial charge on any atom is 0.236 e. The Bertz CT molecular complexity index is 262. The van der Waals surface area contributed by atoms with E-state index in [-0.39, 0.29) is 0 Å². The second-order valence-electron chi connectivity index (χ2n) is 1.96. The van der Waals surface area contributed by atoms with Gasteiger partial charge in [0.25, 0.3) is 0 Å². The number of halogens is 5. The molecule has 80 valence electrons. The van der Waals surface area contributed by atoms with E-state index in [1.807, 2.05) is 0 Å². The highest BCUT2D eigenvalue weighted by Gasteiger charge is 2.47. The molecule has 0 aliphatic carbocycles. The van der Waals surface area contributed by atoms with Gasteiger partial charge in [0.1, 0.15) is 8.52 Å². The van der Waals surface area contributed by atoms with E-state index >= 15 is 0 Å². The Labute approximate surface area is 110 Å². The first kappa shape index (κ1) is 14.1. The van der Waals surface area contributed by atoms with Crippen LogP contribution in [0.4, 0.5) is 0 Å². The van der Waals surface area contributed by atoms with Crippen LogP contribution in [0, 0.1) is 0 Å². The molecular weight excluding hydrogens is 350 g/mol. The largest absolute Gasteiger partial charge is 0.236 e. The van der Waals surface area contributed by atoms with Crippen LogP contribution in [0.15, 0.2) is 9.03 Å². The molecule has 0 aromatic heterocycles. The topological polar surface area (TPSA) is 48.8 Å². The summed E-state index contributed by atoms with van der Waals surface area (Å²) in [6, 6.07) is 0. The minimum atomic E-state index is -1.84. The average molecular weight is 352 g/mol. The zero-order valence-corrected chi connectivity index (χ0v) is 12.6. The molecule has 0 aromatic rings. The first-order valence-electron chi connectivity index (χ1n) is 2.92. The second kappa shape index (κ2) is 5.56. The van der Waals surface area contributed by atoms with Gasteiger partial charge in [0.05, 0.1) is 0 Å². The van der Waals surface area contributed by atoms with Crippen LogP contribution in [0.2, 0.25) is 0 Å². The highest BCUT2D eigenvalue weighted by molar-refractivity contribution is 7.65. The fourth-order valence-electron chi connectivity index (χ4n) is 0.404. The Kier molecular flexibility index (Phi) is 5.58. The number of rotatable bonds is 2. The third kappa shape index (κ3) is 4.11. The molecule has 0 saturated carbocycles. The van der Waals surface area contributed by atoms with Gasteiger partial charge in [0, 0.05) is 0 Å². The average Bonchev–Trinajstić information content (AvgIpc) is 2.03. The molecule has 1 unspecified atom stereocenters. The summed E-state index contributed by atoms with van der Waals surface area (Å²) in [7, 11) is 0.155. The molecule has 1 heterocycles. The summed E-state index contributed by atoms with van der Waals surface area (Å²) in [5.74, 6) is 0. The Morgan fingerprint density at radius 3 is 2.29 bits per heavy atom. The molecule has 4 nitrogen and oxygen atoms in total. The lowest BCUT2D eigenvalue weighted by atomic mass is 10.7. The van der Waals surface area contributed by atoms with Gasteiger partial charge in [-0.15, -0.1) is 0 Å². The minimum Gasteiger partial charge on any atom is -0.228 e. The SMILES string of the molecule is ClC(Cl)(Cl)C(Cl)(Cl)NP1N=PN=PN1. The van der Waals surface area contributed by atoms with E-state index in [1.165, 1.54) is 0 Å². The summed E-state index contributed by atoms with van der Waals surface area (Å²) < 4.78 is 4.37. The van der Waals surface area contributed by atoms with Crippen LogP contribution in [-0.4, -0.2) is 8.25 Å². The van der Waals surface area contributed by atoms with Crippen LogP contribution in [0.25, 0.3) is 0 Å². The molecule has 1 atom stereocenters. The zero-order valence-electron chi connectivity index (χ0n) is 6.13. The van der Waals surface area contributed by atoms with Crippen molar-refractivity contribution in [3.05, 3.63) is 0 Å². The number of hydrogen-bond donors (Lipinski definition) is 2. The summed E-state index contributed by atoms with van der Waals surface area (Å²) in [5, 5.41) is 2.68. The summed E-state index contributed by atoms with van der Waals surface area (Å²) in [6.45, 7) is 0. The smallest absolute Gasteiger partial charge is 0.228 e. The monoisotopic (exact) mass is 350 g/mol. The Balaban J connectivity index is 2.59. The van der Waals surface area contributed by atoms with Crippen molar-refractivity contribution < 1.29 is 0 Å². The lowest BCUT2D eigenvalue weighted by Gasteiger charge is -2.30. The molecule has 1 aliphatic heterocycles. The molecule has 14 heavy (non-hydrogen) atoms. The van der Waals surface area contributed by atoms with Gasteiger partial charge in [-0.2, -0.15) is 9.03 Å². The molecule has 0 radical (unpaired) electrons. The van der Waals surface area contributed by atoms with E-state index < -0.39 is 16.6 Å². The number of nitrogens with zero attached hydrogens (tertiary/aromatic N) is 2. The lowest BCUT2D eigenvalue weighted by Crippen LogP contribution is -2.43. The maximum absolute atomic E-state index is 5.78. The van der Waals surface area contributed by atoms with Gasteiger partial charge >= 0.3 is 0 Å². The van der Waals surface area contributed by atoms with Crippen molar-refractivity contribution >= 4 is 83.4 Å². The van der Waals surface area contributed by atoms with E-state index in [4.69, 9.17) is 58.0 Å². The van der Waals surface area contributed by atoms with Gasteiger partial charge in [0.15, 0.2) is 16.9 Å². The summed E-state index contributed by atoms with van der Waals surface area (Å²) in [4.78, 5) is 2.89. The highest BCUT2D eigenvalue weighted by Crippen LogP contribution is 2.50. The molecule has 0 fully saturated rings. The molecule has 1 aliphatic rings. The van der Waals surface area contributed by atoms with Crippen LogP contribution >= 0.6 is 83.4 Å². The van der Waals surface area contributed by atoms with Gasteiger partial charge in [0.2, 0.25) is 8.25 Å². The van der Waals surface area contributed by atoms with Gasteiger partial charge in [-0.1, -0.05) is 58.0 Å². The van der Waals surface area contributed by atoms with Crippen molar-refractivity contribution in [1.29, 1.82) is 0 Å². The minimum absolute atomic E-state index is 0.598. The maximum atomic E-state index is 5.78. The normalized spacial score (nSPS) is 25.1. The van der Waals surface area contributed by atoms with Crippen LogP contribution < -0.4 is 9.95 Å². The first-order valence-corrected chi connectivity index (χ1v) is 7.75. The van der Waals surface area contributed by atoms with Crippen molar-refractivity contribution in [1.82, 2.24) is 9.95 Å². The zero-order chi connectivity index (χ0) is 10.8. The van der Waals surface area contributed by atoms with E-state index in [9.17, 15) is 0 Å². The molecule has 0 aromatic carbocycles. The van der Waals surface area contributed by atoms with E-state index in [1.54, 1.807) is 0 Å². The first-order chi connectivity index (χ1) is 6.33. The van der Waals surface area contributed by atoms with Crippen molar-refractivity contribution in [2.45, 2.75) is 8.25 Å². The van der Waals surface area contributed by atoms with Crippen molar-refractivity contribution in [2.75, 3.05) is 0 Å². The molecule has 2 N–H and O–H groups in total. The molecule has 0 spiro atoms. The van der Waals surface area contributed by atoms with Gasteiger partial charge in [-0.05, 0) is 0 Å². The van der Waals surface area contributed by atoms with Crippen LogP contribution in [-0.2, 0) is 0 Å². The Morgan fingerprint density at radius 2 is 1.86 bits per heavy atom. The van der Waals surface area contributed by atoms with E-state index in [0.717, 1.165) is 0 Å². The van der Waals surface area contributed by atoms with Gasteiger partial charge in [-0.25, -0.2) is 9.95 Å². The molecule has 0 bridgehead atoms. The van der Waals surface area contributed by atoms with Crippen LogP contribution in [0.1, 0.15) is 0 Å². The third-order valence-electron chi connectivity index (χ3n) is 0.956. The van der Waals surface area contributed by atoms with Crippen LogP contribution in [0.5, 0.6) is 0 Å². The Hall–Kier alpha value is 2.00. The van der Waals surface area contributed by atoms with Crippen molar-refractivity contribution in [3.8, 4) is 0 Å². The predicted molar refractivity (Wildman–Crippen MR) is 66.6 cm³/mol. The lowest BCUT2D eigenvalue weighted by molar-refractivity contribution is 0.770. The summed E-state index contributed by atoms with van der Waals surface area (Å²) >= 11 is 28.3. The summed E-state index contributed by atoms with van der Waals surface area (Å²) in [6.07, 6.45) is 0. The van der Waals surface area contributed by atoms with Crippen molar-refractivity contribution in [2.24, 2.45) is 9.03 Å². The van der Waals surface area contributed by atoms with Crippen molar-refractivity contribution in [3.63, 3.8) is 0 Å².